The van der Waals surface area contributed by atoms with Crippen molar-refractivity contribution in [3.05, 3.63) is 50.8 Å². The van der Waals surface area contributed by atoms with Crippen molar-refractivity contribution in [1.29, 1.82) is 0 Å². The molecular formula is C24H30ClN5O7. The summed E-state index contributed by atoms with van der Waals surface area (Å²) in [6, 6.07) is 4.54. The van der Waals surface area contributed by atoms with Crippen molar-refractivity contribution in [2.24, 2.45) is 5.41 Å². The zero-order valence-electron chi connectivity index (χ0n) is 20.9. The van der Waals surface area contributed by atoms with Gasteiger partial charge in [-0.3, -0.25) is 10.1 Å². The molecule has 0 amide bonds. The molecule has 0 radical (unpaired) electrons. The second kappa shape index (κ2) is 10.4. The van der Waals surface area contributed by atoms with Gasteiger partial charge < -0.3 is 34.7 Å². The van der Waals surface area contributed by atoms with Crippen LogP contribution in [0.3, 0.4) is 0 Å². The first-order valence-corrected chi connectivity index (χ1v) is 12.0. The maximum atomic E-state index is 11.8. The van der Waals surface area contributed by atoms with Crippen molar-refractivity contribution in [2.75, 3.05) is 19.5 Å². The number of aromatic nitrogens is 3. The van der Waals surface area contributed by atoms with E-state index in [0.717, 1.165) is 0 Å². The Balaban J connectivity index is 1.75. The van der Waals surface area contributed by atoms with E-state index < -0.39 is 34.9 Å². The van der Waals surface area contributed by atoms with Crippen LogP contribution in [0.1, 0.15) is 50.7 Å². The Morgan fingerprint density at radius 2 is 2.11 bits per heavy atom. The molecule has 1 fully saturated rings. The van der Waals surface area contributed by atoms with Crippen LogP contribution in [0.15, 0.2) is 24.4 Å². The van der Waals surface area contributed by atoms with Crippen molar-refractivity contribution in [1.82, 2.24) is 14.5 Å². The van der Waals surface area contributed by atoms with Gasteiger partial charge in [0.1, 0.15) is 28.9 Å². The molecule has 200 valence electrons. The number of aliphatic hydroxyl groups is 2. The molecule has 4 rings (SSSR count). The second-order valence-electron chi connectivity index (χ2n) is 9.99. The number of hydrogen-bond acceptors (Lipinski definition) is 10. The number of nitro groups is 1. The average Bonchev–Trinajstić information content (AvgIpc) is 3.38. The monoisotopic (exact) mass is 535 g/mol. The predicted octanol–water partition coefficient (Wildman–Crippen LogP) is 3.53. The largest absolute Gasteiger partial charge is 0.497 e. The quantitative estimate of drug-likeness (QED) is 0.220. The normalized spacial score (nSPS) is 20.9. The van der Waals surface area contributed by atoms with E-state index in [0.29, 0.717) is 27.9 Å². The van der Waals surface area contributed by atoms with Crippen LogP contribution < -0.4 is 10.5 Å². The highest BCUT2D eigenvalue weighted by atomic mass is 35.5. The lowest BCUT2D eigenvalue weighted by Gasteiger charge is -2.31. The molecule has 2 unspecified atom stereocenters. The molecule has 4 atom stereocenters. The second-order valence-corrected chi connectivity index (χ2v) is 10.3. The van der Waals surface area contributed by atoms with Gasteiger partial charge in [-0.25, -0.2) is 4.98 Å². The molecule has 1 saturated heterocycles. The fourth-order valence-corrected chi connectivity index (χ4v) is 4.88. The predicted molar refractivity (Wildman–Crippen MR) is 135 cm³/mol. The van der Waals surface area contributed by atoms with Crippen LogP contribution in [0.2, 0.25) is 5.15 Å². The number of nitrogens with zero attached hydrogens (tertiary/aromatic N) is 4. The minimum absolute atomic E-state index is 0.00546. The number of ether oxygens (including phenoxy) is 3. The summed E-state index contributed by atoms with van der Waals surface area (Å²) in [7, 11) is 1.49. The van der Waals surface area contributed by atoms with Crippen LogP contribution in [0.25, 0.3) is 11.0 Å². The molecule has 12 nitrogen and oxygen atoms in total. The highest BCUT2D eigenvalue weighted by molar-refractivity contribution is 6.34. The molecule has 13 heteroatoms. The number of rotatable bonds is 8. The topological polar surface area (TPSA) is 168 Å². The van der Waals surface area contributed by atoms with E-state index in [4.69, 9.17) is 31.5 Å². The molecule has 0 saturated carbocycles. The number of fused-ring (bicyclic) bond motifs is 1. The Labute approximate surface area is 218 Å². The molecule has 1 aliphatic rings. The number of anilines is 1. The molecule has 3 aromatic rings. The first-order chi connectivity index (χ1) is 17.4. The minimum Gasteiger partial charge on any atom is -0.497 e. The Morgan fingerprint density at radius 1 is 1.38 bits per heavy atom. The van der Waals surface area contributed by atoms with Gasteiger partial charge in [0.05, 0.1) is 48.4 Å². The number of nitrogens with two attached hydrogens (primary N) is 1. The summed E-state index contributed by atoms with van der Waals surface area (Å²) < 4.78 is 19.2. The van der Waals surface area contributed by atoms with E-state index in [9.17, 15) is 20.3 Å². The smallest absolute Gasteiger partial charge is 0.275 e. The van der Waals surface area contributed by atoms with Gasteiger partial charge in [0.2, 0.25) is 5.95 Å². The van der Waals surface area contributed by atoms with Crippen LogP contribution in [0.4, 0.5) is 11.6 Å². The van der Waals surface area contributed by atoms with Gasteiger partial charge in [-0.05, 0) is 17.5 Å². The molecular weight excluding hydrogens is 506 g/mol. The molecule has 0 spiro atoms. The number of hydrogen-bond donors (Lipinski definition) is 3. The zero-order chi connectivity index (χ0) is 27.1. The average molecular weight is 536 g/mol. The minimum atomic E-state index is -0.860. The number of halogens is 1. The van der Waals surface area contributed by atoms with Crippen LogP contribution in [0, 0.1) is 15.5 Å². The van der Waals surface area contributed by atoms with Gasteiger partial charge in [-0.15, -0.1) is 0 Å². The van der Waals surface area contributed by atoms with Crippen molar-refractivity contribution in [2.45, 2.75) is 58.3 Å². The molecule has 0 aliphatic carbocycles. The molecule has 4 N–H and O–H groups in total. The van der Waals surface area contributed by atoms with E-state index in [-0.39, 0.29) is 36.4 Å². The van der Waals surface area contributed by atoms with Gasteiger partial charge >= 0.3 is 0 Å². The first kappa shape index (κ1) is 27.0. The summed E-state index contributed by atoms with van der Waals surface area (Å²) in [6.07, 6.45) is -0.986. The molecule has 2 aromatic heterocycles. The van der Waals surface area contributed by atoms with Crippen molar-refractivity contribution in [3.63, 3.8) is 0 Å². The molecule has 1 aliphatic heterocycles. The third-order valence-electron chi connectivity index (χ3n) is 6.32. The number of nitrogen functional groups attached to an aromatic ring is 1. The van der Waals surface area contributed by atoms with Crippen molar-refractivity contribution in [3.8, 4) is 5.75 Å². The summed E-state index contributed by atoms with van der Waals surface area (Å²) in [5.41, 5.74) is 6.59. The maximum absolute atomic E-state index is 11.8. The maximum Gasteiger partial charge on any atom is 0.275 e. The van der Waals surface area contributed by atoms with Crippen LogP contribution in [-0.2, 0) is 16.1 Å². The van der Waals surface area contributed by atoms with Crippen molar-refractivity contribution < 1.29 is 29.3 Å². The molecule has 3 heterocycles. The highest BCUT2D eigenvalue weighted by Gasteiger charge is 2.37. The lowest BCUT2D eigenvalue weighted by atomic mass is 9.83. The molecule has 1 aromatic carbocycles. The Hall–Kier alpha value is -3.03. The van der Waals surface area contributed by atoms with Gasteiger partial charge in [0, 0.05) is 24.2 Å². The van der Waals surface area contributed by atoms with E-state index in [1.165, 1.54) is 19.2 Å². The van der Waals surface area contributed by atoms with Gasteiger partial charge in [-0.2, -0.15) is 4.98 Å². The van der Waals surface area contributed by atoms with Crippen LogP contribution in [0.5, 0.6) is 5.75 Å². The summed E-state index contributed by atoms with van der Waals surface area (Å²) >= 11 is 6.46. The Bertz CT molecular complexity index is 1310. The highest BCUT2D eigenvalue weighted by Crippen LogP contribution is 2.43. The first-order valence-electron chi connectivity index (χ1n) is 11.6. The number of nitro benzene ring substituents is 1. The van der Waals surface area contributed by atoms with Crippen molar-refractivity contribution >= 4 is 34.3 Å². The molecule has 0 bridgehead atoms. The van der Waals surface area contributed by atoms with Gasteiger partial charge in [0.25, 0.3) is 5.69 Å². The van der Waals surface area contributed by atoms with Gasteiger partial charge in [-0.1, -0.05) is 32.4 Å². The third-order valence-corrected chi connectivity index (χ3v) is 6.60. The summed E-state index contributed by atoms with van der Waals surface area (Å²) in [5, 5.41) is 32.1. The third kappa shape index (κ3) is 5.34. The Kier molecular flexibility index (Phi) is 7.58. The van der Waals surface area contributed by atoms with E-state index in [1.807, 2.05) is 20.8 Å². The number of methoxy groups -OCH3 is 1. The van der Waals surface area contributed by atoms with E-state index >= 15 is 0 Å². The fraction of sp³-hybridized carbons (Fsp3) is 0.500. The van der Waals surface area contributed by atoms with Crippen LogP contribution in [-0.4, -0.2) is 55.6 Å². The van der Waals surface area contributed by atoms with E-state index in [1.54, 1.807) is 16.8 Å². The Morgan fingerprint density at radius 3 is 2.70 bits per heavy atom. The zero-order valence-corrected chi connectivity index (χ0v) is 21.7. The number of aliphatic hydroxyl groups excluding tert-OH is 2. The lowest BCUT2D eigenvalue weighted by Crippen LogP contribution is -2.24. The lowest BCUT2D eigenvalue weighted by molar-refractivity contribution is -0.386. The van der Waals surface area contributed by atoms with E-state index in [2.05, 4.69) is 9.97 Å². The van der Waals surface area contributed by atoms with Gasteiger partial charge in [0.15, 0.2) is 0 Å². The SMILES string of the molecule is COc1ccc([N+](=O)[O-])c(C(OCc2cn([C@H]3CC(O)[C@@H](CO)O3)c3nc(N)nc(Cl)c23)C(C)(C)C)c1. The number of benzene rings is 1. The summed E-state index contributed by atoms with van der Waals surface area (Å²) in [4.78, 5) is 19.8. The standard InChI is InChI=1S/C24H30ClN5O7/c1-24(2,3)20(14-7-13(35-4)5-6-15(14)30(33)34)36-11-12-9-29(18-8-16(32)17(10-31)37-18)22-19(12)21(25)27-23(26)28-22/h5-7,9,16-18,20,31-32H,8,10-11H2,1-4H3,(H2,26,27,28)/t16?,17-,18-,20?/m1/s1. The summed E-state index contributed by atoms with van der Waals surface area (Å²) in [5.74, 6) is 0.429. The van der Waals surface area contributed by atoms with Crippen LogP contribution >= 0.6 is 11.6 Å². The fourth-order valence-electron chi connectivity index (χ4n) is 4.59. The summed E-state index contributed by atoms with van der Waals surface area (Å²) in [6.45, 7) is 5.43. The molecule has 37 heavy (non-hydrogen) atoms.